The lowest BCUT2D eigenvalue weighted by atomic mass is 9.80. The van der Waals surface area contributed by atoms with Gasteiger partial charge in [0.1, 0.15) is 0 Å². The van der Waals surface area contributed by atoms with Crippen molar-refractivity contribution < 1.29 is 14.6 Å². The van der Waals surface area contributed by atoms with Crippen molar-refractivity contribution in [2.45, 2.75) is 36.8 Å². The first-order valence-electron chi connectivity index (χ1n) is 4.71. The Morgan fingerprint density at radius 1 is 1.57 bits per heavy atom. The van der Waals surface area contributed by atoms with Crippen LogP contribution in [0, 0.1) is 11.3 Å². The van der Waals surface area contributed by atoms with Crippen LogP contribution in [-0.2, 0) is 4.74 Å². The standard InChI is InChI=1S/C9H12N2O3/c10-5-8(6-12)9(3-1-2-4-9)14-7(13)11-8/h12H,1-4,6H2,(H,11,13). The van der Waals surface area contributed by atoms with E-state index in [1.807, 2.05) is 6.07 Å². The summed E-state index contributed by atoms with van der Waals surface area (Å²) in [5, 5.41) is 20.7. The van der Waals surface area contributed by atoms with Gasteiger partial charge in [-0.05, 0) is 25.7 Å². The van der Waals surface area contributed by atoms with Crippen LogP contribution in [0.15, 0.2) is 0 Å². The molecular weight excluding hydrogens is 184 g/mol. The summed E-state index contributed by atoms with van der Waals surface area (Å²) in [7, 11) is 0. The fourth-order valence-corrected chi connectivity index (χ4v) is 2.40. The van der Waals surface area contributed by atoms with Crippen LogP contribution < -0.4 is 5.32 Å². The fourth-order valence-electron chi connectivity index (χ4n) is 2.40. The SMILES string of the molecule is N#CC1(CO)NC(=O)OC12CCCC2. The molecule has 0 bridgehead atoms. The fraction of sp³-hybridized carbons (Fsp3) is 0.778. The molecule has 1 saturated carbocycles. The molecule has 5 nitrogen and oxygen atoms in total. The Hall–Kier alpha value is -1.28. The molecule has 1 saturated heterocycles. The second-order valence-electron chi connectivity index (χ2n) is 3.89. The third-order valence-electron chi connectivity index (χ3n) is 3.22. The third kappa shape index (κ3) is 0.946. The van der Waals surface area contributed by atoms with E-state index in [9.17, 15) is 9.90 Å². The molecule has 2 aliphatic rings. The van der Waals surface area contributed by atoms with Crippen molar-refractivity contribution in [3.8, 4) is 6.07 Å². The number of nitriles is 1. The van der Waals surface area contributed by atoms with E-state index in [2.05, 4.69) is 5.32 Å². The monoisotopic (exact) mass is 196 g/mol. The molecule has 0 radical (unpaired) electrons. The summed E-state index contributed by atoms with van der Waals surface area (Å²) in [5.74, 6) is 0. The van der Waals surface area contributed by atoms with Gasteiger partial charge < -0.3 is 9.84 Å². The van der Waals surface area contributed by atoms with Crippen molar-refractivity contribution in [3.05, 3.63) is 0 Å². The molecule has 0 aromatic heterocycles. The van der Waals surface area contributed by atoms with Gasteiger partial charge in [-0.15, -0.1) is 0 Å². The zero-order chi connectivity index (χ0) is 10.2. The van der Waals surface area contributed by atoms with Gasteiger partial charge in [0.25, 0.3) is 0 Å². The van der Waals surface area contributed by atoms with Gasteiger partial charge in [0.15, 0.2) is 11.1 Å². The summed E-state index contributed by atoms with van der Waals surface area (Å²) >= 11 is 0. The smallest absolute Gasteiger partial charge is 0.409 e. The van der Waals surface area contributed by atoms with Crippen LogP contribution in [-0.4, -0.2) is 28.9 Å². The first kappa shape index (κ1) is 9.28. The molecule has 1 heterocycles. The minimum absolute atomic E-state index is 0.394. The lowest BCUT2D eigenvalue weighted by Crippen LogP contribution is -2.57. The Balaban J connectivity index is 2.39. The predicted molar refractivity (Wildman–Crippen MR) is 46.2 cm³/mol. The molecule has 5 heteroatoms. The van der Waals surface area contributed by atoms with Crippen LogP contribution in [0.2, 0.25) is 0 Å². The number of rotatable bonds is 1. The van der Waals surface area contributed by atoms with Gasteiger partial charge in [0, 0.05) is 0 Å². The summed E-state index contributed by atoms with van der Waals surface area (Å²) in [6.07, 6.45) is 2.57. The summed E-state index contributed by atoms with van der Waals surface area (Å²) in [6.45, 7) is -0.394. The van der Waals surface area contributed by atoms with Crippen molar-refractivity contribution in [3.63, 3.8) is 0 Å². The quantitative estimate of drug-likeness (QED) is 0.631. The molecule has 1 aliphatic carbocycles. The number of carbonyl (C=O) groups is 1. The predicted octanol–water partition coefficient (Wildman–Crippen LogP) is 0.294. The maximum Gasteiger partial charge on any atom is 0.409 e. The van der Waals surface area contributed by atoms with E-state index in [1.54, 1.807) is 0 Å². The molecular formula is C9H12N2O3. The molecule has 1 aliphatic heterocycles. The molecule has 1 atom stereocenters. The molecule has 2 N–H and O–H groups in total. The number of hydrogen-bond acceptors (Lipinski definition) is 4. The van der Waals surface area contributed by atoms with Crippen LogP contribution in [0.3, 0.4) is 0 Å². The van der Waals surface area contributed by atoms with Crippen LogP contribution >= 0.6 is 0 Å². The van der Waals surface area contributed by atoms with E-state index in [0.717, 1.165) is 12.8 Å². The zero-order valence-electron chi connectivity index (χ0n) is 7.75. The molecule has 76 valence electrons. The van der Waals surface area contributed by atoms with Crippen molar-refractivity contribution in [1.82, 2.24) is 5.32 Å². The van der Waals surface area contributed by atoms with Crippen LogP contribution in [0.25, 0.3) is 0 Å². The summed E-state index contributed by atoms with van der Waals surface area (Å²) < 4.78 is 5.18. The Morgan fingerprint density at radius 3 is 2.71 bits per heavy atom. The summed E-state index contributed by atoms with van der Waals surface area (Å²) in [4.78, 5) is 11.1. The van der Waals surface area contributed by atoms with Crippen molar-refractivity contribution in [2.75, 3.05) is 6.61 Å². The van der Waals surface area contributed by atoms with Gasteiger partial charge in [-0.2, -0.15) is 5.26 Å². The normalized spacial score (nSPS) is 33.9. The van der Waals surface area contributed by atoms with Crippen molar-refractivity contribution in [2.24, 2.45) is 0 Å². The number of hydrogen-bond donors (Lipinski definition) is 2. The molecule has 1 unspecified atom stereocenters. The summed E-state index contributed by atoms with van der Waals surface area (Å²) in [5.41, 5.74) is -2.03. The third-order valence-corrected chi connectivity index (χ3v) is 3.22. The number of amides is 1. The highest BCUT2D eigenvalue weighted by molar-refractivity contribution is 5.74. The van der Waals surface area contributed by atoms with E-state index >= 15 is 0 Å². The molecule has 0 aromatic carbocycles. The van der Waals surface area contributed by atoms with Crippen LogP contribution in [0.5, 0.6) is 0 Å². The lowest BCUT2D eigenvalue weighted by molar-refractivity contribution is 0.00454. The van der Waals surface area contributed by atoms with Gasteiger partial charge in [-0.1, -0.05) is 0 Å². The average Bonchev–Trinajstić information content (AvgIpc) is 2.74. The van der Waals surface area contributed by atoms with Crippen LogP contribution in [0.1, 0.15) is 25.7 Å². The second kappa shape index (κ2) is 2.85. The van der Waals surface area contributed by atoms with Gasteiger partial charge in [0.2, 0.25) is 0 Å². The maximum absolute atomic E-state index is 11.1. The highest BCUT2D eigenvalue weighted by Crippen LogP contribution is 2.44. The minimum Gasteiger partial charge on any atom is -0.439 e. The number of nitrogens with one attached hydrogen (secondary N) is 1. The van der Waals surface area contributed by atoms with E-state index in [-0.39, 0.29) is 0 Å². The molecule has 14 heavy (non-hydrogen) atoms. The molecule has 2 fully saturated rings. The first-order valence-corrected chi connectivity index (χ1v) is 4.71. The van der Waals surface area contributed by atoms with Crippen LogP contribution in [0.4, 0.5) is 4.79 Å². The number of alkyl carbamates (subject to hydrolysis) is 1. The van der Waals surface area contributed by atoms with Crippen molar-refractivity contribution >= 4 is 6.09 Å². The Bertz CT molecular complexity index is 304. The average molecular weight is 196 g/mol. The van der Waals surface area contributed by atoms with Gasteiger partial charge in [-0.25, -0.2) is 4.79 Å². The van der Waals surface area contributed by atoms with Gasteiger partial charge in [0.05, 0.1) is 12.7 Å². The van der Waals surface area contributed by atoms with E-state index < -0.39 is 23.8 Å². The summed E-state index contributed by atoms with van der Waals surface area (Å²) in [6, 6.07) is 1.98. The van der Waals surface area contributed by atoms with Crippen molar-refractivity contribution in [1.29, 1.82) is 5.26 Å². The Morgan fingerprint density at radius 2 is 2.21 bits per heavy atom. The topological polar surface area (TPSA) is 82.4 Å². The number of carbonyl (C=O) groups excluding carboxylic acids is 1. The van der Waals surface area contributed by atoms with E-state index in [4.69, 9.17) is 10.00 Å². The Labute approximate surface area is 81.7 Å². The maximum atomic E-state index is 11.1. The number of ether oxygens (including phenoxy) is 1. The number of nitrogens with zero attached hydrogens (tertiary/aromatic N) is 1. The largest absolute Gasteiger partial charge is 0.439 e. The first-order chi connectivity index (χ1) is 6.68. The molecule has 0 aromatic rings. The highest BCUT2D eigenvalue weighted by Gasteiger charge is 2.62. The number of aliphatic hydroxyl groups excluding tert-OH is 1. The molecule has 1 spiro atoms. The molecule has 2 rings (SSSR count). The zero-order valence-corrected chi connectivity index (χ0v) is 7.75. The van der Waals surface area contributed by atoms with E-state index in [1.165, 1.54) is 0 Å². The highest BCUT2D eigenvalue weighted by atomic mass is 16.6. The number of aliphatic hydroxyl groups is 1. The van der Waals surface area contributed by atoms with E-state index in [0.29, 0.717) is 12.8 Å². The van der Waals surface area contributed by atoms with Gasteiger partial charge in [-0.3, -0.25) is 5.32 Å². The second-order valence-corrected chi connectivity index (χ2v) is 3.89. The van der Waals surface area contributed by atoms with Gasteiger partial charge >= 0.3 is 6.09 Å². The molecule has 1 amide bonds. The lowest BCUT2D eigenvalue weighted by Gasteiger charge is -2.32. The minimum atomic E-state index is -1.24. The Kier molecular flexibility index (Phi) is 1.89.